The lowest BCUT2D eigenvalue weighted by molar-refractivity contribution is -0.138. The van der Waals surface area contributed by atoms with E-state index >= 15 is 0 Å². The van der Waals surface area contributed by atoms with Gasteiger partial charge in [-0.05, 0) is 63.8 Å². The van der Waals surface area contributed by atoms with Crippen LogP contribution in [0.4, 0.5) is 10.5 Å². The van der Waals surface area contributed by atoms with Gasteiger partial charge < -0.3 is 20.3 Å². The molecule has 0 bridgehead atoms. The summed E-state index contributed by atoms with van der Waals surface area (Å²) in [7, 11) is 0. The Bertz CT molecular complexity index is 1040. The van der Waals surface area contributed by atoms with Gasteiger partial charge in [-0.3, -0.25) is 9.59 Å². The summed E-state index contributed by atoms with van der Waals surface area (Å²) in [5, 5.41) is 5.90. The molecule has 0 spiro atoms. The molecule has 196 valence electrons. The molecule has 0 heterocycles. The average Bonchev–Trinajstić information content (AvgIpc) is 2.79. The first-order chi connectivity index (χ1) is 16.9. The first-order valence-corrected chi connectivity index (χ1v) is 12.7. The molecule has 7 nitrogen and oxygen atoms in total. The largest absolute Gasteiger partial charge is 0.444 e. The van der Waals surface area contributed by atoms with Crippen LogP contribution in [0.15, 0.2) is 42.5 Å². The Morgan fingerprint density at radius 2 is 1.67 bits per heavy atom. The Balaban J connectivity index is 2.42. The second kappa shape index (κ2) is 13.3. The van der Waals surface area contributed by atoms with Gasteiger partial charge in [-0.1, -0.05) is 67.8 Å². The highest BCUT2D eigenvalue weighted by Gasteiger charge is 2.33. The van der Waals surface area contributed by atoms with Crippen molar-refractivity contribution < 1.29 is 19.1 Å². The van der Waals surface area contributed by atoms with Gasteiger partial charge in [-0.25, -0.2) is 4.79 Å². The molecule has 0 saturated carbocycles. The average molecular weight is 516 g/mol. The number of carbonyl (C=O) groups is 3. The molecule has 2 aromatic carbocycles. The Hall–Kier alpha value is -3.06. The fraction of sp³-hybridized carbons (Fsp3) is 0.464. The summed E-state index contributed by atoms with van der Waals surface area (Å²) >= 11 is 6.38. The molecule has 0 radical (unpaired) electrons. The second-order valence-electron chi connectivity index (χ2n) is 9.83. The molecule has 0 aromatic heterocycles. The number of para-hydroxylation sites is 1. The Morgan fingerprint density at radius 1 is 1.00 bits per heavy atom. The highest BCUT2D eigenvalue weighted by Crippen LogP contribution is 2.30. The van der Waals surface area contributed by atoms with E-state index in [-0.39, 0.29) is 18.4 Å². The fourth-order valence-corrected chi connectivity index (χ4v) is 4.09. The molecule has 0 fully saturated rings. The maximum atomic E-state index is 13.8. The highest BCUT2D eigenvalue weighted by atomic mass is 35.5. The molecule has 2 N–H and O–H groups in total. The maximum Gasteiger partial charge on any atom is 0.408 e. The molecule has 2 rings (SSSR count). The number of hydrogen-bond acceptors (Lipinski definition) is 4. The summed E-state index contributed by atoms with van der Waals surface area (Å²) < 4.78 is 5.27. The van der Waals surface area contributed by atoms with Crippen LogP contribution in [0.5, 0.6) is 0 Å². The van der Waals surface area contributed by atoms with E-state index in [4.69, 9.17) is 16.3 Å². The quantitative estimate of drug-likeness (QED) is 0.370. The van der Waals surface area contributed by atoms with Gasteiger partial charge in [0, 0.05) is 6.54 Å². The Kier molecular flexibility index (Phi) is 10.8. The zero-order chi connectivity index (χ0) is 26.9. The van der Waals surface area contributed by atoms with Crippen LogP contribution in [0.1, 0.15) is 69.7 Å². The van der Waals surface area contributed by atoms with Crippen molar-refractivity contribution in [1.82, 2.24) is 10.2 Å². The van der Waals surface area contributed by atoms with E-state index < -0.39 is 17.7 Å². The maximum absolute atomic E-state index is 13.8. The minimum Gasteiger partial charge on any atom is -0.444 e. The number of carbonyl (C=O) groups excluding carboxylic acids is 3. The van der Waals surface area contributed by atoms with Crippen molar-refractivity contribution in [1.29, 1.82) is 0 Å². The van der Waals surface area contributed by atoms with Crippen molar-refractivity contribution in [3.63, 3.8) is 0 Å². The number of amides is 3. The molecule has 1 atom stereocenters. The van der Waals surface area contributed by atoms with Crippen LogP contribution >= 0.6 is 11.6 Å². The van der Waals surface area contributed by atoms with Gasteiger partial charge in [-0.15, -0.1) is 0 Å². The van der Waals surface area contributed by atoms with Crippen molar-refractivity contribution >= 4 is 35.2 Å². The summed E-state index contributed by atoms with van der Waals surface area (Å²) in [5.41, 5.74) is 2.22. The third-order valence-electron chi connectivity index (χ3n) is 5.62. The van der Waals surface area contributed by atoms with E-state index in [0.29, 0.717) is 22.8 Å². The molecule has 3 amide bonds. The van der Waals surface area contributed by atoms with Gasteiger partial charge in [0.25, 0.3) is 5.91 Å². The zero-order valence-corrected chi connectivity index (χ0v) is 22.9. The smallest absolute Gasteiger partial charge is 0.408 e. The van der Waals surface area contributed by atoms with Gasteiger partial charge in [0.1, 0.15) is 18.2 Å². The van der Waals surface area contributed by atoms with Gasteiger partial charge in [0.05, 0.1) is 10.7 Å². The SMILES string of the molecule is CCCCCN(C(=O)CNC(=O)OC(C)(C)C)C(C(=O)Nc1c(C)cccc1Cl)c1ccccc1C. The van der Waals surface area contributed by atoms with E-state index in [0.717, 1.165) is 30.4 Å². The molecule has 2 aromatic rings. The minimum atomic E-state index is -0.910. The van der Waals surface area contributed by atoms with Crippen LogP contribution in [-0.4, -0.2) is 41.5 Å². The van der Waals surface area contributed by atoms with E-state index in [1.54, 1.807) is 26.8 Å². The van der Waals surface area contributed by atoms with Crippen LogP contribution < -0.4 is 10.6 Å². The van der Waals surface area contributed by atoms with Crippen LogP contribution in [0, 0.1) is 13.8 Å². The van der Waals surface area contributed by atoms with Crippen molar-refractivity contribution in [2.45, 2.75) is 72.4 Å². The summed E-state index contributed by atoms with van der Waals surface area (Å²) in [6.07, 6.45) is 1.89. The van der Waals surface area contributed by atoms with E-state index in [1.165, 1.54) is 4.90 Å². The third kappa shape index (κ3) is 8.55. The number of nitrogens with one attached hydrogen (secondary N) is 2. The number of rotatable bonds is 10. The number of aryl methyl sites for hydroxylation is 2. The van der Waals surface area contributed by atoms with Crippen LogP contribution in [0.2, 0.25) is 5.02 Å². The first kappa shape index (κ1) is 29.2. The number of alkyl carbamates (subject to hydrolysis) is 1. The fourth-order valence-electron chi connectivity index (χ4n) is 3.82. The van der Waals surface area contributed by atoms with Crippen molar-refractivity contribution in [2.24, 2.45) is 0 Å². The predicted molar refractivity (Wildman–Crippen MR) is 144 cm³/mol. The van der Waals surface area contributed by atoms with Crippen molar-refractivity contribution in [3.8, 4) is 0 Å². The van der Waals surface area contributed by atoms with Crippen LogP contribution in [0.3, 0.4) is 0 Å². The summed E-state index contributed by atoms with van der Waals surface area (Å²) in [5.74, 6) is -0.751. The lowest BCUT2D eigenvalue weighted by Crippen LogP contribution is -2.47. The van der Waals surface area contributed by atoms with Crippen LogP contribution in [0.25, 0.3) is 0 Å². The zero-order valence-electron chi connectivity index (χ0n) is 22.1. The topological polar surface area (TPSA) is 87.7 Å². The Morgan fingerprint density at radius 3 is 2.28 bits per heavy atom. The van der Waals surface area contributed by atoms with Crippen molar-refractivity contribution in [2.75, 3.05) is 18.4 Å². The normalized spacial score (nSPS) is 12.0. The molecule has 1 unspecified atom stereocenters. The van der Waals surface area contributed by atoms with Crippen molar-refractivity contribution in [3.05, 3.63) is 64.2 Å². The lowest BCUT2D eigenvalue weighted by atomic mass is 9.98. The minimum absolute atomic E-state index is 0.290. The van der Waals surface area contributed by atoms with E-state index in [9.17, 15) is 14.4 Å². The standard InChI is InChI=1S/C28H38ClN3O4/c1-7-8-11-17-32(23(33)18-30-27(35)36-28(4,5)6)25(21-15-10-9-13-19(21)2)26(34)31-24-20(3)14-12-16-22(24)29/h9-10,12-16,25H,7-8,11,17-18H2,1-6H3,(H,30,35)(H,31,34). The molecular weight excluding hydrogens is 478 g/mol. The number of anilines is 1. The molecule has 0 aliphatic carbocycles. The number of nitrogens with zero attached hydrogens (tertiary/aromatic N) is 1. The highest BCUT2D eigenvalue weighted by molar-refractivity contribution is 6.34. The summed E-state index contributed by atoms with van der Waals surface area (Å²) in [4.78, 5) is 41.0. The monoisotopic (exact) mass is 515 g/mol. The second-order valence-corrected chi connectivity index (χ2v) is 10.2. The molecule has 0 aliphatic heterocycles. The van der Waals surface area contributed by atoms with E-state index in [1.807, 2.05) is 50.2 Å². The first-order valence-electron chi connectivity index (χ1n) is 12.3. The number of unbranched alkanes of at least 4 members (excludes halogenated alkanes) is 2. The summed E-state index contributed by atoms with van der Waals surface area (Å²) in [6, 6.07) is 12.0. The van der Waals surface area contributed by atoms with E-state index in [2.05, 4.69) is 17.6 Å². The van der Waals surface area contributed by atoms with Crippen LogP contribution in [-0.2, 0) is 14.3 Å². The van der Waals surface area contributed by atoms with Gasteiger partial charge >= 0.3 is 6.09 Å². The molecule has 8 heteroatoms. The lowest BCUT2D eigenvalue weighted by Gasteiger charge is -2.33. The van der Waals surface area contributed by atoms with Gasteiger partial charge in [0.2, 0.25) is 5.91 Å². The Labute approximate surface area is 219 Å². The molecule has 0 saturated heterocycles. The molecule has 0 aliphatic rings. The summed E-state index contributed by atoms with van der Waals surface area (Å²) in [6.45, 7) is 11.2. The molecule has 36 heavy (non-hydrogen) atoms. The van der Waals surface area contributed by atoms with Gasteiger partial charge in [-0.2, -0.15) is 0 Å². The number of ether oxygens (including phenoxy) is 1. The number of hydrogen-bond donors (Lipinski definition) is 2. The number of halogens is 1. The third-order valence-corrected chi connectivity index (χ3v) is 5.93. The molecular formula is C28H38ClN3O4. The van der Waals surface area contributed by atoms with Gasteiger partial charge in [0.15, 0.2) is 0 Å². The predicted octanol–water partition coefficient (Wildman–Crippen LogP) is 6.18. The number of benzene rings is 2.